The van der Waals surface area contributed by atoms with Gasteiger partial charge in [0.05, 0.1) is 11.4 Å². The molecule has 0 aromatic carbocycles. The summed E-state index contributed by atoms with van der Waals surface area (Å²) >= 11 is 0. The van der Waals surface area contributed by atoms with E-state index < -0.39 is 10.1 Å². The molecule has 1 aliphatic heterocycles. The fourth-order valence-corrected chi connectivity index (χ4v) is 5.26. The molecule has 0 radical (unpaired) electrons. The number of fused-ring (bicyclic) bond motifs is 1. The molecule has 4 heteroatoms. The molecular formula is C8H12O3S. The second-order valence-corrected chi connectivity index (χ2v) is 6.54. The maximum Gasteiger partial charge on any atom is 0.270 e. The van der Waals surface area contributed by atoms with Crippen molar-refractivity contribution in [2.45, 2.75) is 37.5 Å². The van der Waals surface area contributed by atoms with Crippen LogP contribution in [0.2, 0.25) is 0 Å². The number of hydrogen-bond acceptors (Lipinski definition) is 3. The van der Waals surface area contributed by atoms with Crippen LogP contribution >= 0.6 is 0 Å². The van der Waals surface area contributed by atoms with Crippen molar-refractivity contribution in [2.75, 3.05) is 0 Å². The summed E-state index contributed by atoms with van der Waals surface area (Å²) in [6.45, 7) is 2.18. The largest absolute Gasteiger partial charge is 0.270 e. The van der Waals surface area contributed by atoms with E-state index in [2.05, 4.69) is 6.92 Å². The van der Waals surface area contributed by atoms with E-state index in [9.17, 15) is 8.42 Å². The van der Waals surface area contributed by atoms with Gasteiger partial charge in [-0.2, -0.15) is 8.42 Å². The van der Waals surface area contributed by atoms with Crippen LogP contribution in [0.4, 0.5) is 0 Å². The normalized spacial score (nSPS) is 59.6. The van der Waals surface area contributed by atoms with Crippen molar-refractivity contribution in [3.63, 3.8) is 0 Å². The van der Waals surface area contributed by atoms with Crippen molar-refractivity contribution in [1.29, 1.82) is 0 Å². The highest BCUT2D eigenvalue weighted by molar-refractivity contribution is 7.87. The molecule has 68 valence electrons. The molecule has 0 N–H and O–H groups in total. The van der Waals surface area contributed by atoms with Crippen molar-refractivity contribution in [3.05, 3.63) is 0 Å². The summed E-state index contributed by atoms with van der Waals surface area (Å²) in [5.41, 5.74) is 0.267. The minimum Gasteiger partial charge on any atom is -0.266 e. The molecule has 12 heavy (non-hydrogen) atoms. The van der Waals surface area contributed by atoms with E-state index in [1.807, 2.05) is 0 Å². The van der Waals surface area contributed by atoms with Crippen molar-refractivity contribution in [3.8, 4) is 0 Å². The topological polar surface area (TPSA) is 43.4 Å². The van der Waals surface area contributed by atoms with Crippen LogP contribution in [-0.2, 0) is 14.3 Å². The molecule has 0 amide bonds. The summed E-state index contributed by atoms with van der Waals surface area (Å²) in [7, 11) is -3.17. The Balaban J connectivity index is 2.13. The van der Waals surface area contributed by atoms with E-state index in [4.69, 9.17) is 4.18 Å². The van der Waals surface area contributed by atoms with Gasteiger partial charge in [-0.3, -0.25) is 4.18 Å². The van der Waals surface area contributed by atoms with E-state index in [1.165, 1.54) is 0 Å². The molecule has 3 nitrogen and oxygen atoms in total. The predicted octanol–water partition coefficient (Wildman–Crippen LogP) is 0.904. The third-order valence-corrected chi connectivity index (χ3v) is 5.47. The molecule has 2 aliphatic carbocycles. The van der Waals surface area contributed by atoms with Crippen LogP contribution < -0.4 is 0 Å². The van der Waals surface area contributed by atoms with Crippen molar-refractivity contribution < 1.29 is 12.6 Å². The van der Waals surface area contributed by atoms with E-state index in [0.29, 0.717) is 5.92 Å². The first kappa shape index (κ1) is 7.33. The zero-order valence-electron chi connectivity index (χ0n) is 6.99. The molecule has 2 bridgehead atoms. The third kappa shape index (κ3) is 0.684. The lowest BCUT2D eigenvalue weighted by Crippen LogP contribution is -2.24. The SMILES string of the molecule is C[C@@]12CC3OS(=O)(=O)C(C1)C3C2. The maximum absolute atomic E-state index is 11.4. The summed E-state index contributed by atoms with van der Waals surface area (Å²) in [5, 5.41) is -0.166. The second kappa shape index (κ2) is 1.73. The fraction of sp³-hybridized carbons (Fsp3) is 1.00. The highest BCUT2D eigenvalue weighted by atomic mass is 32.2. The Labute approximate surface area is 72.2 Å². The monoisotopic (exact) mass is 188 g/mol. The molecule has 1 heterocycles. The summed E-state index contributed by atoms with van der Waals surface area (Å²) in [5.74, 6) is 0.319. The Kier molecular flexibility index (Phi) is 1.05. The van der Waals surface area contributed by atoms with Crippen LogP contribution in [0.1, 0.15) is 26.2 Å². The summed E-state index contributed by atoms with van der Waals surface area (Å²) in [6, 6.07) is 0. The second-order valence-electron chi connectivity index (χ2n) is 4.75. The zero-order chi connectivity index (χ0) is 8.56. The van der Waals surface area contributed by atoms with Crippen molar-refractivity contribution in [1.82, 2.24) is 0 Å². The Bertz CT molecular complexity index is 330. The van der Waals surface area contributed by atoms with Gasteiger partial charge in [0, 0.05) is 5.92 Å². The fourth-order valence-electron chi connectivity index (χ4n) is 3.26. The average molecular weight is 188 g/mol. The molecule has 4 atom stereocenters. The quantitative estimate of drug-likeness (QED) is 0.530. The molecular weight excluding hydrogens is 176 g/mol. The van der Waals surface area contributed by atoms with Gasteiger partial charge in [-0.25, -0.2) is 0 Å². The highest BCUT2D eigenvalue weighted by Crippen LogP contribution is 2.60. The van der Waals surface area contributed by atoms with Crippen LogP contribution in [0.3, 0.4) is 0 Å². The molecule has 1 saturated heterocycles. The lowest BCUT2D eigenvalue weighted by molar-refractivity contribution is 0.177. The lowest BCUT2D eigenvalue weighted by Gasteiger charge is -2.21. The van der Waals surface area contributed by atoms with Gasteiger partial charge in [-0.15, -0.1) is 0 Å². The molecule has 0 aromatic rings. The molecule has 0 aromatic heterocycles. The first-order valence-corrected chi connectivity index (χ1v) is 5.89. The van der Waals surface area contributed by atoms with Gasteiger partial charge in [0.15, 0.2) is 0 Å². The van der Waals surface area contributed by atoms with Crippen LogP contribution in [0.5, 0.6) is 0 Å². The lowest BCUT2D eigenvalue weighted by atomic mass is 9.86. The van der Waals surface area contributed by atoms with Gasteiger partial charge < -0.3 is 0 Å². The zero-order valence-corrected chi connectivity index (χ0v) is 7.80. The van der Waals surface area contributed by atoms with Gasteiger partial charge in [0.2, 0.25) is 0 Å². The van der Waals surface area contributed by atoms with Gasteiger partial charge >= 0.3 is 0 Å². The van der Waals surface area contributed by atoms with Crippen molar-refractivity contribution in [2.24, 2.45) is 11.3 Å². The summed E-state index contributed by atoms with van der Waals surface area (Å²) in [6.07, 6.45) is 2.87. The Morgan fingerprint density at radius 2 is 2.08 bits per heavy atom. The van der Waals surface area contributed by atoms with Crippen molar-refractivity contribution >= 4 is 10.1 Å². The highest BCUT2D eigenvalue weighted by Gasteiger charge is 2.63. The van der Waals surface area contributed by atoms with E-state index in [-0.39, 0.29) is 16.8 Å². The molecule has 3 aliphatic rings. The molecule has 3 fully saturated rings. The minimum atomic E-state index is -3.17. The standard InChI is InChI=1S/C8H12O3S/c1-8-2-5-6(3-8)11-12(9,10)7(5)4-8/h5-7H,2-4H2,1H3/t5?,6?,7?,8-/m1/s1. The van der Waals surface area contributed by atoms with E-state index in [1.54, 1.807) is 0 Å². The average Bonchev–Trinajstić information content (AvgIpc) is 2.40. The van der Waals surface area contributed by atoms with Gasteiger partial charge in [0.25, 0.3) is 10.1 Å². The van der Waals surface area contributed by atoms with Gasteiger partial charge in [-0.05, 0) is 24.7 Å². The third-order valence-electron chi connectivity index (χ3n) is 3.70. The minimum absolute atomic E-state index is 0.0266. The molecule has 3 rings (SSSR count). The van der Waals surface area contributed by atoms with E-state index in [0.717, 1.165) is 19.3 Å². The number of hydrogen-bond donors (Lipinski definition) is 0. The Morgan fingerprint density at radius 3 is 2.58 bits per heavy atom. The molecule has 3 unspecified atom stereocenters. The first-order chi connectivity index (χ1) is 5.50. The van der Waals surface area contributed by atoms with Gasteiger partial charge in [-0.1, -0.05) is 6.92 Å². The van der Waals surface area contributed by atoms with E-state index >= 15 is 0 Å². The van der Waals surface area contributed by atoms with Gasteiger partial charge in [0.1, 0.15) is 0 Å². The van der Waals surface area contributed by atoms with Crippen LogP contribution in [0.15, 0.2) is 0 Å². The summed E-state index contributed by atoms with van der Waals surface area (Å²) < 4.78 is 27.9. The van der Waals surface area contributed by atoms with Crippen LogP contribution in [0, 0.1) is 11.3 Å². The molecule has 0 spiro atoms. The van der Waals surface area contributed by atoms with Crippen LogP contribution in [-0.4, -0.2) is 19.8 Å². The maximum atomic E-state index is 11.4. The summed E-state index contributed by atoms with van der Waals surface area (Å²) in [4.78, 5) is 0. The van der Waals surface area contributed by atoms with Crippen LogP contribution in [0.25, 0.3) is 0 Å². The smallest absolute Gasteiger partial charge is 0.266 e. The Hall–Kier alpha value is -0.0900. The Morgan fingerprint density at radius 1 is 1.33 bits per heavy atom. The number of rotatable bonds is 0. The predicted molar refractivity (Wildman–Crippen MR) is 43.0 cm³/mol. The molecule has 2 saturated carbocycles. The first-order valence-electron chi connectivity index (χ1n) is 4.42.